The van der Waals surface area contributed by atoms with Crippen molar-refractivity contribution in [2.45, 2.75) is 43.2 Å². The first-order valence-corrected chi connectivity index (χ1v) is 13.7. The van der Waals surface area contributed by atoms with Crippen LogP contribution in [0.15, 0.2) is 47.4 Å². The number of thioether (sulfide) groups is 1. The first kappa shape index (κ1) is 28.0. The molecular weight excluding hydrogens is 516 g/mol. The van der Waals surface area contributed by atoms with Gasteiger partial charge in [0.1, 0.15) is 18.5 Å². The van der Waals surface area contributed by atoms with Crippen molar-refractivity contribution in [3.63, 3.8) is 0 Å². The van der Waals surface area contributed by atoms with Crippen LogP contribution in [0.5, 0.6) is 5.75 Å². The number of aromatic nitrogens is 1. The van der Waals surface area contributed by atoms with Crippen LogP contribution in [0, 0.1) is 11.8 Å². The van der Waals surface area contributed by atoms with Gasteiger partial charge in [0.2, 0.25) is 0 Å². The van der Waals surface area contributed by atoms with Crippen LogP contribution in [0.1, 0.15) is 19.0 Å². The van der Waals surface area contributed by atoms with Crippen molar-refractivity contribution in [2.75, 3.05) is 50.2 Å². The Balaban J connectivity index is 1.59. The Kier molecular flexibility index (Phi) is 9.00. The number of nitrogens with one attached hydrogen (secondary N) is 2. The normalized spacial score (nSPS) is 18.2. The molecule has 0 aliphatic carbocycles. The Morgan fingerprint density at radius 3 is 2.66 bits per heavy atom. The number of anilines is 2. The van der Waals surface area contributed by atoms with E-state index in [0.29, 0.717) is 35.3 Å². The number of alkyl halides is 4. The first-order valence-electron chi connectivity index (χ1n) is 12.5. The van der Waals surface area contributed by atoms with E-state index in [-0.39, 0.29) is 12.2 Å². The molecule has 1 aromatic heterocycles. The summed E-state index contributed by atoms with van der Waals surface area (Å²) in [5, 5.41) is 7.02. The van der Waals surface area contributed by atoms with E-state index < -0.39 is 24.9 Å². The second-order valence-corrected chi connectivity index (χ2v) is 10.0. The number of methoxy groups -OCH3 is 1. The number of fused-ring (bicyclic) bond motifs is 1. The van der Waals surface area contributed by atoms with Gasteiger partial charge in [-0.15, -0.1) is 11.8 Å². The van der Waals surface area contributed by atoms with Crippen LogP contribution in [0.25, 0.3) is 10.9 Å². The smallest absolute Gasteiger partial charge is 0.406 e. The predicted molar refractivity (Wildman–Crippen MR) is 147 cm³/mol. The molecule has 2 atom stereocenters. The Morgan fingerprint density at radius 1 is 1.16 bits per heavy atom. The number of hydrogen-bond acceptors (Lipinski definition) is 5. The van der Waals surface area contributed by atoms with E-state index in [4.69, 9.17) is 4.74 Å². The van der Waals surface area contributed by atoms with Gasteiger partial charge in [-0.25, -0.2) is 4.39 Å². The Morgan fingerprint density at radius 2 is 1.97 bits per heavy atom. The highest BCUT2D eigenvalue weighted by Crippen LogP contribution is 2.32. The number of benzene rings is 2. The molecule has 3 aromatic rings. The molecule has 1 aliphatic heterocycles. The van der Waals surface area contributed by atoms with E-state index >= 15 is 0 Å². The molecule has 2 N–H and O–H groups in total. The van der Waals surface area contributed by atoms with Crippen LogP contribution >= 0.6 is 11.8 Å². The van der Waals surface area contributed by atoms with Crippen LogP contribution in [-0.4, -0.2) is 67.4 Å². The summed E-state index contributed by atoms with van der Waals surface area (Å²) in [6.07, 6.45) is -2.90. The van der Waals surface area contributed by atoms with Gasteiger partial charge in [0.25, 0.3) is 0 Å². The number of hydrogen-bond donors (Lipinski definition) is 2. The van der Waals surface area contributed by atoms with Crippen molar-refractivity contribution in [1.82, 2.24) is 9.47 Å². The second kappa shape index (κ2) is 12.2. The van der Waals surface area contributed by atoms with Gasteiger partial charge in [-0.3, -0.25) is 0 Å². The molecule has 1 saturated heterocycles. The van der Waals surface area contributed by atoms with Crippen LogP contribution in [0.3, 0.4) is 0 Å². The van der Waals surface area contributed by atoms with Crippen LogP contribution < -0.4 is 15.4 Å². The summed E-state index contributed by atoms with van der Waals surface area (Å²) in [6, 6.07) is 12.1. The minimum Gasteiger partial charge on any atom is -0.495 e. The fourth-order valence-corrected chi connectivity index (χ4v) is 5.13. The fourth-order valence-electron chi connectivity index (χ4n) is 4.70. The fraction of sp³-hybridized carbons (Fsp3) is 0.429. The van der Waals surface area contributed by atoms with Crippen LogP contribution in [0.2, 0.25) is 0 Å². The first-order chi connectivity index (χ1) is 18.2. The minimum atomic E-state index is -4.42. The van der Waals surface area contributed by atoms with Crippen molar-refractivity contribution < 1.29 is 22.3 Å². The zero-order valence-corrected chi connectivity index (χ0v) is 22.5. The molecular formula is C28H32F4N4OS. The van der Waals surface area contributed by atoms with Gasteiger partial charge >= 0.3 is 6.18 Å². The lowest BCUT2D eigenvalue weighted by Crippen LogP contribution is -2.47. The molecule has 4 rings (SSSR count). The van der Waals surface area contributed by atoms with E-state index in [1.165, 1.54) is 4.57 Å². The maximum absolute atomic E-state index is 14.8. The van der Waals surface area contributed by atoms with Gasteiger partial charge in [-0.05, 0) is 61.5 Å². The Labute approximate surface area is 224 Å². The number of likely N-dealkylation sites (tertiary alicyclic amines) is 1. The highest BCUT2D eigenvalue weighted by Gasteiger charge is 2.31. The summed E-state index contributed by atoms with van der Waals surface area (Å²) in [4.78, 5) is 3.10. The molecule has 5 nitrogen and oxygen atoms in total. The van der Waals surface area contributed by atoms with Crippen molar-refractivity contribution in [2.24, 2.45) is 0 Å². The molecule has 0 radical (unpaired) electrons. The quantitative estimate of drug-likeness (QED) is 0.198. The minimum absolute atomic E-state index is 0.215. The SMILES string of the molecule is CCN1CC[C@H](Nc2cccc3c2cc(C#CCNc2ccc(SC)cc2OC)n3CC(F)(F)F)[C@H](F)C1. The van der Waals surface area contributed by atoms with Crippen molar-refractivity contribution in [3.05, 3.63) is 48.2 Å². The summed E-state index contributed by atoms with van der Waals surface area (Å²) < 4.78 is 61.9. The molecule has 0 spiro atoms. The third kappa shape index (κ3) is 6.69. The van der Waals surface area contributed by atoms with Gasteiger partial charge in [0.15, 0.2) is 0 Å². The number of halogens is 4. The molecule has 10 heteroatoms. The van der Waals surface area contributed by atoms with Gasteiger partial charge in [0.05, 0.1) is 36.6 Å². The molecule has 38 heavy (non-hydrogen) atoms. The van der Waals surface area contributed by atoms with E-state index in [1.807, 2.05) is 31.4 Å². The van der Waals surface area contributed by atoms with E-state index in [9.17, 15) is 17.6 Å². The molecule has 0 bridgehead atoms. The molecule has 1 fully saturated rings. The van der Waals surface area contributed by atoms with Gasteiger partial charge in [-0.2, -0.15) is 13.2 Å². The third-order valence-corrected chi connectivity index (χ3v) is 7.41. The zero-order chi connectivity index (χ0) is 27.3. The van der Waals surface area contributed by atoms with Crippen molar-refractivity contribution in [1.29, 1.82) is 0 Å². The molecule has 0 saturated carbocycles. The molecule has 1 aliphatic rings. The van der Waals surface area contributed by atoms with Crippen molar-refractivity contribution in [3.8, 4) is 17.6 Å². The summed E-state index contributed by atoms with van der Waals surface area (Å²) >= 11 is 1.60. The summed E-state index contributed by atoms with van der Waals surface area (Å²) in [5.41, 5.74) is 2.01. The predicted octanol–water partition coefficient (Wildman–Crippen LogP) is 6.24. The summed E-state index contributed by atoms with van der Waals surface area (Å²) in [5.74, 6) is 6.51. The van der Waals surface area contributed by atoms with Gasteiger partial charge < -0.3 is 24.8 Å². The van der Waals surface area contributed by atoms with E-state index in [0.717, 1.165) is 23.7 Å². The van der Waals surface area contributed by atoms with E-state index in [2.05, 4.69) is 27.4 Å². The average molecular weight is 549 g/mol. The Hall–Kier alpha value is -3.03. The molecule has 2 aromatic carbocycles. The third-order valence-electron chi connectivity index (χ3n) is 6.69. The molecule has 2 heterocycles. The molecule has 0 amide bonds. The number of nitrogens with zero attached hydrogens (tertiary/aromatic N) is 2. The lowest BCUT2D eigenvalue weighted by molar-refractivity contribution is -0.140. The topological polar surface area (TPSA) is 41.5 Å². The van der Waals surface area contributed by atoms with Crippen molar-refractivity contribution >= 4 is 34.0 Å². The average Bonchev–Trinajstić information content (AvgIpc) is 3.24. The maximum Gasteiger partial charge on any atom is 0.406 e. The zero-order valence-electron chi connectivity index (χ0n) is 21.7. The van der Waals surface area contributed by atoms with Gasteiger partial charge in [-0.1, -0.05) is 18.9 Å². The lowest BCUT2D eigenvalue weighted by atomic mass is 10.0. The molecule has 0 unspecified atom stereocenters. The largest absolute Gasteiger partial charge is 0.495 e. The number of rotatable bonds is 8. The monoisotopic (exact) mass is 548 g/mol. The highest BCUT2D eigenvalue weighted by molar-refractivity contribution is 7.98. The van der Waals surface area contributed by atoms with Crippen LogP contribution in [-0.2, 0) is 6.54 Å². The standard InChI is InChI=1S/C28H32F4N4OS/c1-4-35-14-12-24(22(29)17-35)34-23-8-5-9-26-21(23)15-19(36(26)18-28(30,31)32)7-6-13-33-25-11-10-20(38-3)16-27(25)37-2/h5,8-11,15-16,22,24,33-34H,4,12-14,17-18H2,1-3H3/t22-,24+/m1/s1. The maximum atomic E-state index is 14.8. The summed E-state index contributed by atoms with van der Waals surface area (Å²) in [7, 11) is 1.58. The second-order valence-electron chi connectivity index (χ2n) is 9.14. The lowest BCUT2D eigenvalue weighted by Gasteiger charge is -2.35. The Bertz CT molecular complexity index is 1310. The van der Waals surface area contributed by atoms with Gasteiger partial charge in [0, 0.05) is 29.1 Å². The van der Waals surface area contributed by atoms with Crippen LogP contribution in [0.4, 0.5) is 28.9 Å². The number of ether oxygens (including phenoxy) is 1. The molecule has 204 valence electrons. The van der Waals surface area contributed by atoms with E-state index in [1.54, 1.807) is 43.1 Å². The highest BCUT2D eigenvalue weighted by atomic mass is 32.2. The summed E-state index contributed by atoms with van der Waals surface area (Å²) in [6.45, 7) is 2.95. The number of piperidine rings is 1.